The molecular weight excluding hydrogens is 282 g/mol. The molecule has 0 amide bonds. The minimum atomic E-state index is 0.0598. The van der Waals surface area contributed by atoms with E-state index in [-0.39, 0.29) is 6.04 Å². The van der Waals surface area contributed by atoms with Gasteiger partial charge in [0.2, 0.25) is 0 Å². The van der Waals surface area contributed by atoms with Crippen LogP contribution in [0.2, 0.25) is 0 Å². The molecule has 3 heteroatoms. The molecule has 0 spiro atoms. The molecular formula is C13H14BrNS. The minimum Gasteiger partial charge on any atom is -0.324 e. The van der Waals surface area contributed by atoms with Crippen LogP contribution in [0.3, 0.4) is 0 Å². The van der Waals surface area contributed by atoms with E-state index in [1.54, 1.807) is 11.3 Å². The maximum atomic E-state index is 6.21. The van der Waals surface area contributed by atoms with Crippen molar-refractivity contribution in [2.75, 3.05) is 0 Å². The Morgan fingerprint density at radius 2 is 2.19 bits per heavy atom. The summed E-state index contributed by atoms with van der Waals surface area (Å²) in [5.41, 5.74) is 9.95. The van der Waals surface area contributed by atoms with Crippen molar-refractivity contribution < 1.29 is 0 Å². The highest BCUT2D eigenvalue weighted by molar-refractivity contribution is 9.10. The lowest BCUT2D eigenvalue weighted by molar-refractivity contribution is 0.720. The summed E-state index contributed by atoms with van der Waals surface area (Å²) in [6, 6.07) is 8.52. The van der Waals surface area contributed by atoms with Crippen LogP contribution in [0.1, 0.15) is 22.7 Å². The largest absolute Gasteiger partial charge is 0.324 e. The second-order valence-corrected chi connectivity index (χ2v) is 5.60. The summed E-state index contributed by atoms with van der Waals surface area (Å²) in [6.07, 6.45) is 0.894. The number of halogens is 1. The van der Waals surface area contributed by atoms with Crippen LogP contribution in [-0.4, -0.2) is 0 Å². The van der Waals surface area contributed by atoms with E-state index < -0.39 is 0 Å². The molecule has 1 atom stereocenters. The van der Waals surface area contributed by atoms with Crippen LogP contribution in [0.4, 0.5) is 0 Å². The molecule has 0 aliphatic rings. The molecule has 1 unspecified atom stereocenters. The van der Waals surface area contributed by atoms with Gasteiger partial charge in [-0.15, -0.1) is 0 Å². The van der Waals surface area contributed by atoms with E-state index in [4.69, 9.17) is 5.73 Å². The van der Waals surface area contributed by atoms with E-state index in [0.29, 0.717) is 0 Å². The first-order valence-electron chi connectivity index (χ1n) is 5.19. The molecule has 84 valence electrons. The zero-order valence-corrected chi connectivity index (χ0v) is 11.5. The fourth-order valence-corrected chi connectivity index (χ4v) is 3.17. The summed E-state index contributed by atoms with van der Waals surface area (Å²) in [4.78, 5) is 0. The summed E-state index contributed by atoms with van der Waals surface area (Å²) in [5.74, 6) is 0. The molecule has 0 bridgehead atoms. The molecule has 2 N–H and O–H groups in total. The van der Waals surface area contributed by atoms with Crippen LogP contribution in [-0.2, 0) is 6.42 Å². The lowest BCUT2D eigenvalue weighted by atomic mass is 10.0. The van der Waals surface area contributed by atoms with Gasteiger partial charge in [-0.1, -0.05) is 28.1 Å². The average molecular weight is 296 g/mol. The molecule has 0 radical (unpaired) electrons. The summed E-state index contributed by atoms with van der Waals surface area (Å²) in [7, 11) is 0. The maximum Gasteiger partial charge on any atom is 0.0347 e. The Hall–Kier alpha value is -0.640. The summed E-state index contributed by atoms with van der Waals surface area (Å²) in [5, 5.41) is 4.24. The normalized spacial score (nSPS) is 12.7. The van der Waals surface area contributed by atoms with E-state index in [9.17, 15) is 0 Å². The van der Waals surface area contributed by atoms with E-state index in [2.05, 4.69) is 57.9 Å². The standard InChI is InChI=1S/C13H14BrNS/c1-9-2-3-11(12(14)6-9)13(15)7-10-4-5-16-8-10/h2-6,8,13H,7,15H2,1H3. The third kappa shape index (κ3) is 2.73. The van der Waals surface area contributed by atoms with Gasteiger partial charge in [-0.2, -0.15) is 11.3 Å². The number of aryl methyl sites for hydroxylation is 1. The van der Waals surface area contributed by atoms with Crippen molar-refractivity contribution in [2.24, 2.45) is 5.73 Å². The smallest absolute Gasteiger partial charge is 0.0347 e. The highest BCUT2D eigenvalue weighted by Gasteiger charge is 2.10. The zero-order chi connectivity index (χ0) is 11.5. The lowest BCUT2D eigenvalue weighted by Crippen LogP contribution is -2.13. The predicted octanol–water partition coefficient (Wildman–Crippen LogP) is 4.06. The van der Waals surface area contributed by atoms with Gasteiger partial charge in [0, 0.05) is 10.5 Å². The molecule has 2 rings (SSSR count). The molecule has 0 saturated heterocycles. The van der Waals surface area contributed by atoms with Gasteiger partial charge in [0.25, 0.3) is 0 Å². The fraction of sp³-hybridized carbons (Fsp3) is 0.231. The number of thiophene rings is 1. The Balaban J connectivity index is 2.17. The first-order valence-corrected chi connectivity index (χ1v) is 6.93. The number of hydrogen-bond acceptors (Lipinski definition) is 2. The molecule has 2 aromatic rings. The number of nitrogens with two attached hydrogens (primary N) is 1. The summed E-state index contributed by atoms with van der Waals surface area (Å²) in [6.45, 7) is 2.08. The van der Waals surface area contributed by atoms with Gasteiger partial charge < -0.3 is 5.73 Å². The molecule has 16 heavy (non-hydrogen) atoms. The summed E-state index contributed by atoms with van der Waals surface area (Å²) >= 11 is 5.29. The number of rotatable bonds is 3. The van der Waals surface area contributed by atoms with Crippen molar-refractivity contribution >= 4 is 27.3 Å². The van der Waals surface area contributed by atoms with Crippen LogP contribution in [0.25, 0.3) is 0 Å². The third-order valence-electron chi connectivity index (χ3n) is 2.59. The van der Waals surface area contributed by atoms with Crippen molar-refractivity contribution in [1.82, 2.24) is 0 Å². The van der Waals surface area contributed by atoms with E-state index >= 15 is 0 Å². The Kier molecular flexibility index (Phi) is 3.79. The number of benzene rings is 1. The second-order valence-electron chi connectivity index (χ2n) is 3.97. The second kappa shape index (κ2) is 5.13. The van der Waals surface area contributed by atoms with Gasteiger partial charge in [0.15, 0.2) is 0 Å². The highest BCUT2D eigenvalue weighted by Crippen LogP contribution is 2.26. The van der Waals surface area contributed by atoms with E-state index in [1.165, 1.54) is 16.7 Å². The Labute approximate surface area is 108 Å². The first-order chi connectivity index (χ1) is 7.66. The zero-order valence-electron chi connectivity index (χ0n) is 9.11. The van der Waals surface area contributed by atoms with Crippen molar-refractivity contribution in [3.63, 3.8) is 0 Å². The van der Waals surface area contributed by atoms with Crippen LogP contribution in [0.5, 0.6) is 0 Å². The highest BCUT2D eigenvalue weighted by atomic mass is 79.9. The maximum absolute atomic E-state index is 6.21. The van der Waals surface area contributed by atoms with Crippen LogP contribution >= 0.6 is 27.3 Å². The van der Waals surface area contributed by atoms with Crippen LogP contribution in [0, 0.1) is 6.92 Å². The molecule has 1 nitrogen and oxygen atoms in total. The SMILES string of the molecule is Cc1ccc(C(N)Cc2ccsc2)c(Br)c1. The van der Waals surface area contributed by atoms with Gasteiger partial charge in [0.1, 0.15) is 0 Å². The van der Waals surface area contributed by atoms with Gasteiger partial charge in [-0.3, -0.25) is 0 Å². The van der Waals surface area contributed by atoms with Crippen molar-refractivity contribution in [1.29, 1.82) is 0 Å². The topological polar surface area (TPSA) is 26.0 Å². The van der Waals surface area contributed by atoms with Crippen LogP contribution in [0.15, 0.2) is 39.5 Å². The molecule has 1 heterocycles. The monoisotopic (exact) mass is 295 g/mol. The van der Waals surface area contributed by atoms with Gasteiger partial charge in [0.05, 0.1) is 0 Å². The lowest BCUT2D eigenvalue weighted by Gasteiger charge is -2.13. The Bertz CT molecular complexity index is 465. The number of hydrogen-bond donors (Lipinski definition) is 1. The van der Waals surface area contributed by atoms with Gasteiger partial charge >= 0.3 is 0 Å². The third-order valence-corrected chi connectivity index (χ3v) is 4.01. The van der Waals surface area contributed by atoms with Crippen molar-refractivity contribution in [3.8, 4) is 0 Å². The molecule has 0 aliphatic heterocycles. The minimum absolute atomic E-state index is 0.0598. The molecule has 0 saturated carbocycles. The molecule has 1 aromatic heterocycles. The van der Waals surface area contributed by atoms with E-state index in [0.717, 1.165) is 10.9 Å². The van der Waals surface area contributed by atoms with E-state index in [1.807, 2.05) is 0 Å². The molecule has 1 aromatic carbocycles. The average Bonchev–Trinajstić information content (AvgIpc) is 2.70. The summed E-state index contributed by atoms with van der Waals surface area (Å²) < 4.78 is 1.11. The molecule has 0 aliphatic carbocycles. The first kappa shape index (κ1) is 11.8. The van der Waals surface area contributed by atoms with Gasteiger partial charge in [-0.05, 0) is 52.9 Å². The molecule has 0 fully saturated rings. The Morgan fingerprint density at radius 3 is 2.81 bits per heavy atom. The van der Waals surface area contributed by atoms with Crippen LogP contribution < -0.4 is 5.73 Å². The predicted molar refractivity (Wildman–Crippen MR) is 73.8 cm³/mol. The van der Waals surface area contributed by atoms with Crippen molar-refractivity contribution in [2.45, 2.75) is 19.4 Å². The van der Waals surface area contributed by atoms with Gasteiger partial charge in [-0.25, -0.2) is 0 Å². The fourth-order valence-electron chi connectivity index (χ4n) is 1.71. The Morgan fingerprint density at radius 1 is 1.38 bits per heavy atom. The quantitative estimate of drug-likeness (QED) is 0.908. The van der Waals surface area contributed by atoms with Crippen molar-refractivity contribution in [3.05, 3.63) is 56.2 Å².